The highest BCUT2D eigenvalue weighted by atomic mass is 16.5. The van der Waals surface area contributed by atoms with Gasteiger partial charge in [-0.1, -0.05) is 42.5 Å². The van der Waals surface area contributed by atoms with E-state index in [0.29, 0.717) is 36.0 Å². The predicted molar refractivity (Wildman–Crippen MR) is 122 cm³/mol. The molecule has 1 atom stereocenters. The van der Waals surface area contributed by atoms with Gasteiger partial charge >= 0.3 is 6.03 Å². The number of carbonyl (C=O) groups excluding carboxylic acids is 3. The summed E-state index contributed by atoms with van der Waals surface area (Å²) in [6.45, 7) is 2.36. The van der Waals surface area contributed by atoms with Crippen molar-refractivity contribution in [2.75, 3.05) is 25.1 Å². The number of nitrogens with one attached hydrogen (secondary N) is 2. The molecule has 0 bridgehead atoms. The molecule has 3 aromatic rings. The van der Waals surface area contributed by atoms with Crippen LogP contribution in [0.2, 0.25) is 0 Å². The van der Waals surface area contributed by atoms with Crippen LogP contribution in [0.15, 0.2) is 60.7 Å². The van der Waals surface area contributed by atoms with Crippen molar-refractivity contribution < 1.29 is 23.9 Å². The number of ether oxygens (including phenoxy) is 2. The van der Waals surface area contributed by atoms with Gasteiger partial charge < -0.3 is 20.1 Å². The van der Waals surface area contributed by atoms with E-state index in [4.69, 9.17) is 9.47 Å². The molecule has 0 unspecified atom stereocenters. The van der Waals surface area contributed by atoms with Crippen molar-refractivity contribution >= 4 is 34.3 Å². The Morgan fingerprint density at radius 1 is 1.03 bits per heavy atom. The van der Waals surface area contributed by atoms with Gasteiger partial charge in [-0.05, 0) is 35.4 Å². The van der Waals surface area contributed by atoms with Crippen LogP contribution in [0.3, 0.4) is 0 Å². The Hall–Kier alpha value is -4.07. The number of hydrogen-bond donors (Lipinski definition) is 2. The zero-order valence-corrected chi connectivity index (χ0v) is 18.1. The van der Waals surface area contributed by atoms with E-state index in [9.17, 15) is 14.4 Å². The maximum absolute atomic E-state index is 13.3. The van der Waals surface area contributed by atoms with Gasteiger partial charge in [-0.3, -0.25) is 14.5 Å². The third kappa shape index (κ3) is 3.73. The molecule has 3 aromatic carbocycles. The summed E-state index contributed by atoms with van der Waals surface area (Å²) in [5, 5.41) is 7.34. The molecule has 0 radical (unpaired) electrons. The highest BCUT2D eigenvalue weighted by molar-refractivity contribution is 6.11. The number of anilines is 1. The van der Waals surface area contributed by atoms with Gasteiger partial charge in [0.1, 0.15) is 12.1 Å². The number of fused-ring (bicyclic) bond motifs is 2. The Morgan fingerprint density at radius 2 is 1.79 bits per heavy atom. The van der Waals surface area contributed by atoms with Gasteiger partial charge in [-0.2, -0.15) is 0 Å². The molecule has 168 valence electrons. The predicted octanol–water partition coefficient (Wildman–Crippen LogP) is 3.41. The molecule has 2 aliphatic heterocycles. The van der Waals surface area contributed by atoms with Crippen molar-refractivity contribution in [2.24, 2.45) is 0 Å². The van der Waals surface area contributed by atoms with Crippen molar-refractivity contribution in [2.45, 2.75) is 18.9 Å². The first-order valence-corrected chi connectivity index (χ1v) is 10.8. The molecule has 0 saturated carbocycles. The van der Waals surface area contributed by atoms with E-state index >= 15 is 0 Å². The number of amides is 4. The molecule has 0 aliphatic carbocycles. The van der Waals surface area contributed by atoms with E-state index in [1.165, 1.54) is 0 Å². The molecular weight excluding hydrogens is 422 g/mol. The first-order chi connectivity index (χ1) is 16.0. The van der Waals surface area contributed by atoms with E-state index in [-0.39, 0.29) is 0 Å². The third-order valence-corrected chi connectivity index (χ3v) is 5.94. The second kappa shape index (κ2) is 8.12. The number of urea groups is 1. The van der Waals surface area contributed by atoms with Crippen LogP contribution in [-0.2, 0) is 15.1 Å². The largest absolute Gasteiger partial charge is 0.490 e. The van der Waals surface area contributed by atoms with E-state index in [2.05, 4.69) is 10.6 Å². The standard InChI is InChI=1S/C25H23N3O5/c1-25(19-9-4-7-16-6-2-3-8-18(16)19)23(30)28(24(31)27-25)15-22(29)26-17-10-11-20-21(14-17)33-13-5-12-32-20/h2-4,6-11,14H,5,12-13,15H2,1H3,(H,26,29)(H,27,31)/t25-/m1/s1. The molecule has 2 heterocycles. The van der Waals surface area contributed by atoms with Crippen molar-refractivity contribution in [1.82, 2.24) is 10.2 Å². The quantitative estimate of drug-likeness (QED) is 0.600. The highest BCUT2D eigenvalue weighted by Gasteiger charge is 2.50. The van der Waals surface area contributed by atoms with Crippen LogP contribution in [-0.4, -0.2) is 42.5 Å². The lowest BCUT2D eigenvalue weighted by molar-refractivity contribution is -0.133. The van der Waals surface area contributed by atoms with Crippen LogP contribution >= 0.6 is 0 Å². The zero-order valence-electron chi connectivity index (χ0n) is 18.1. The van der Waals surface area contributed by atoms with Gasteiger partial charge in [0.25, 0.3) is 5.91 Å². The van der Waals surface area contributed by atoms with Gasteiger partial charge in [0.2, 0.25) is 5.91 Å². The van der Waals surface area contributed by atoms with E-state index < -0.39 is 29.9 Å². The normalized spacial score (nSPS) is 19.8. The number of carbonyl (C=O) groups is 3. The van der Waals surface area contributed by atoms with Crippen LogP contribution in [0.25, 0.3) is 10.8 Å². The van der Waals surface area contributed by atoms with Crippen LogP contribution < -0.4 is 20.1 Å². The van der Waals surface area contributed by atoms with Gasteiger partial charge in [-0.25, -0.2) is 4.79 Å². The summed E-state index contributed by atoms with van der Waals surface area (Å²) >= 11 is 0. The molecule has 5 rings (SSSR count). The third-order valence-electron chi connectivity index (χ3n) is 5.94. The number of rotatable bonds is 4. The van der Waals surface area contributed by atoms with Crippen molar-refractivity contribution in [3.63, 3.8) is 0 Å². The van der Waals surface area contributed by atoms with Crippen LogP contribution in [0.5, 0.6) is 11.5 Å². The van der Waals surface area contributed by atoms with Crippen molar-refractivity contribution in [1.29, 1.82) is 0 Å². The molecule has 0 aromatic heterocycles. The minimum atomic E-state index is -1.27. The highest BCUT2D eigenvalue weighted by Crippen LogP contribution is 2.34. The summed E-state index contributed by atoms with van der Waals surface area (Å²) in [5.41, 5.74) is -0.0918. The minimum Gasteiger partial charge on any atom is -0.490 e. The first-order valence-electron chi connectivity index (χ1n) is 10.8. The molecule has 8 nitrogen and oxygen atoms in total. The number of hydrogen-bond acceptors (Lipinski definition) is 5. The van der Waals surface area contributed by atoms with Gasteiger partial charge in [0.05, 0.1) is 13.2 Å². The smallest absolute Gasteiger partial charge is 0.325 e. The van der Waals surface area contributed by atoms with Gasteiger partial charge in [0.15, 0.2) is 11.5 Å². The summed E-state index contributed by atoms with van der Waals surface area (Å²) in [7, 11) is 0. The second-order valence-electron chi connectivity index (χ2n) is 8.23. The van der Waals surface area contributed by atoms with Gasteiger partial charge in [-0.15, -0.1) is 0 Å². The van der Waals surface area contributed by atoms with Crippen LogP contribution in [0.4, 0.5) is 10.5 Å². The van der Waals surface area contributed by atoms with Crippen LogP contribution in [0.1, 0.15) is 18.9 Å². The van der Waals surface area contributed by atoms with Gasteiger partial charge in [0, 0.05) is 18.2 Å². The Morgan fingerprint density at radius 3 is 2.64 bits per heavy atom. The van der Waals surface area contributed by atoms with E-state index in [1.54, 1.807) is 25.1 Å². The lowest BCUT2D eigenvalue weighted by Gasteiger charge is -2.24. The fourth-order valence-electron chi connectivity index (χ4n) is 4.27. The Labute approximate surface area is 190 Å². The monoisotopic (exact) mass is 445 g/mol. The summed E-state index contributed by atoms with van der Waals surface area (Å²) < 4.78 is 11.2. The molecule has 8 heteroatoms. The maximum atomic E-state index is 13.3. The summed E-state index contributed by atoms with van der Waals surface area (Å²) in [5.74, 6) is 0.196. The Bertz CT molecular complexity index is 1270. The average molecular weight is 445 g/mol. The van der Waals surface area contributed by atoms with Crippen molar-refractivity contribution in [3.8, 4) is 11.5 Å². The fourth-order valence-corrected chi connectivity index (χ4v) is 4.27. The number of imide groups is 1. The summed E-state index contributed by atoms with van der Waals surface area (Å²) in [6, 6.07) is 17.8. The summed E-state index contributed by atoms with van der Waals surface area (Å²) in [6.07, 6.45) is 0.776. The lowest BCUT2D eigenvalue weighted by atomic mass is 9.88. The Kier molecular flexibility index (Phi) is 5.12. The lowest BCUT2D eigenvalue weighted by Crippen LogP contribution is -2.42. The number of benzene rings is 3. The van der Waals surface area contributed by atoms with E-state index in [1.807, 2.05) is 42.5 Å². The maximum Gasteiger partial charge on any atom is 0.325 e. The second-order valence-corrected chi connectivity index (χ2v) is 8.23. The molecule has 2 aliphatic rings. The first kappa shape index (κ1) is 20.8. The Balaban J connectivity index is 1.34. The summed E-state index contributed by atoms with van der Waals surface area (Å²) in [4.78, 5) is 39.7. The molecule has 1 fully saturated rings. The molecular formula is C25H23N3O5. The topological polar surface area (TPSA) is 97.0 Å². The van der Waals surface area contributed by atoms with Crippen molar-refractivity contribution in [3.05, 3.63) is 66.2 Å². The van der Waals surface area contributed by atoms with E-state index in [0.717, 1.165) is 22.1 Å². The molecule has 1 saturated heterocycles. The minimum absolute atomic E-state index is 0.403. The number of nitrogens with zero attached hydrogens (tertiary/aromatic N) is 1. The molecule has 4 amide bonds. The fraction of sp³-hybridized carbons (Fsp3) is 0.240. The average Bonchev–Trinajstić information content (AvgIpc) is 2.97. The zero-order chi connectivity index (χ0) is 23.0. The molecule has 0 spiro atoms. The SMILES string of the molecule is C[C@]1(c2cccc3ccccc23)NC(=O)N(CC(=O)Nc2ccc3c(c2)OCCCO3)C1=O. The molecule has 2 N–H and O–H groups in total. The molecule has 33 heavy (non-hydrogen) atoms. The van der Waals surface area contributed by atoms with Crippen LogP contribution in [0, 0.1) is 0 Å².